The smallest absolute Gasteiger partial charge is 0.118 e. The Morgan fingerprint density at radius 3 is 2.45 bits per heavy atom. The molecule has 0 aliphatic rings. The van der Waals surface area contributed by atoms with E-state index in [4.69, 9.17) is 10.6 Å². The number of hydrazine groups is 1. The fourth-order valence-corrected chi connectivity index (χ4v) is 2.10. The Hall–Kier alpha value is -1.91. The third-order valence-electron chi connectivity index (χ3n) is 3.43. The van der Waals surface area contributed by atoms with E-state index in [1.807, 2.05) is 30.5 Å². The molecule has 0 aliphatic heterocycles. The number of methoxy groups -OCH3 is 1. The van der Waals surface area contributed by atoms with Gasteiger partial charge in [0.05, 0.1) is 13.2 Å². The average Bonchev–Trinajstić information content (AvgIpc) is 2.53. The Morgan fingerprint density at radius 1 is 1.20 bits per heavy atom. The van der Waals surface area contributed by atoms with Crippen LogP contribution in [0.25, 0.3) is 0 Å². The number of aromatic nitrogens is 1. The lowest BCUT2D eigenvalue weighted by atomic mass is 10.0. The largest absolute Gasteiger partial charge is 0.497 e. The van der Waals surface area contributed by atoms with Crippen LogP contribution in [0.3, 0.4) is 0 Å². The summed E-state index contributed by atoms with van der Waals surface area (Å²) >= 11 is 0. The maximum absolute atomic E-state index is 5.67. The molecular weight excluding hydrogens is 250 g/mol. The molecule has 0 saturated carbocycles. The molecule has 0 fully saturated rings. The number of nitrogens with one attached hydrogen (secondary N) is 1. The fraction of sp³-hybridized carbons (Fsp3) is 0.312. The first-order valence-corrected chi connectivity index (χ1v) is 6.80. The van der Waals surface area contributed by atoms with Crippen LogP contribution in [0.2, 0.25) is 0 Å². The van der Waals surface area contributed by atoms with E-state index in [0.29, 0.717) is 0 Å². The van der Waals surface area contributed by atoms with Gasteiger partial charge in [0.1, 0.15) is 5.75 Å². The van der Waals surface area contributed by atoms with E-state index in [1.165, 1.54) is 5.56 Å². The first-order chi connectivity index (χ1) is 9.76. The fourth-order valence-electron chi connectivity index (χ4n) is 2.10. The quantitative estimate of drug-likeness (QED) is 0.625. The lowest BCUT2D eigenvalue weighted by Crippen LogP contribution is -2.29. The summed E-state index contributed by atoms with van der Waals surface area (Å²) in [6, 6.07) is 12.1. The van der Waals surface area contributed by atoms with Gasteiger partial charge in [0.25, 0.3) is 0 Å². The summed E-state index contributed by atoms with van der Waals surface area (Å²) in [4.78, 5) is 4.48. The van der Waals surface area contributed by atoms with Gasteiger partial charge in [-0.15, -0.1) is 0 Å². The number of pyridine rings is 1. The third kappa shape index (κ3) is 3.56. The van der Waals surface area contributed by atoms with Gasteiger partial charge in [0.2, 0.25) is 0 Å². The number of nitrogens with two attached hydrogens (primary N) is 1. The number of rotatable bonds is 6. The van der Waals surface area contributed by atoms with Gasteiger partial charge in [-0.1, -0.05) is 25.1 Å². The van der Waals surface area contributed by atoms with Gasteiger partial charge in [0, 0.05) is 18.3 Å². The Balaban J connectivity index is 2.10. The molecule has 0 bridgehead atoms. The monoisotopic (exact) mass is 271 g/mol. The van der Waals surface area contributed by atoms with Crippen molar-refractivity contribution < 1.29 is 4.74 Å². The van der Waals surface area contributed by atoms with Crippen molar-refractivity contribution >= 4 is 0 Å². The van der Waals surface area contributed by atoms with Crippen LogP contribution in [0.5, 0.6) is 5.75 Å². The minimum Gasteiger partial charge on any atom is -0.497 e. The highest BCUT2D eigenvalue weighted by molar-refractivity contribution is 5.30. The molecule has 0 spiro atoms. The van der Waals surface area contributed by atoms with E-state index in [-0.39, 0.29) is 6.04 Å². The second kappa shape index (κ2) is 7.03. The van der Waals surface area contributed by atoms with Gasteiger partial charge in [-0.3, -0.25) is 16.3 Å². The van der Waals surface area contributed by atoms with E-state index in [9.17, 15) is 0 Å². The second-order valence-electron chi connectivity index (χ2n) is 4.71. The summed E-state index contributed by atoms with van der Waals surface area (Å²) in [7, 11) is 1.66. The molecule has 3 N–H and O–H groups in total. The summed E-state index contributed by atoms with van der Waals surface area (Å²) < 4.78 is 5.16. The van der Waals surface area contributed by atoms with Crippen molar-refractivity contribution in [1.29, 1.82) is 0 Å². The van der Waals surface area contributed by atoms with Crippen molar-refractivity contribution in [3.63, 3.8) is 0 Å². The van der Waals surface area contributed by atoms with Crippen LogP contribution in [0, 0.1) is 0 Å². The van der Waals surface area contributed by atoms with Crippen molar-refractivity contribution in [2.24, 2.45) is 5.84 Å². The molecule has 1 unspecified atom stereocenters. The van der Waals surface area contributed by atoms with E-state index < -0.39 is 0 Å². The Morgan fingerprint density at radius 2 is 1.95 bits per heavy atom. The molecule has 1 heterocycles. The molecular formula is C16H21N3O. The van der Waals surface area contributed by atoms with Crippen LogP contribution in [0.1, 0.15) is 29.8 Å². The summed E-state index contributed by atoms with van der Waals surface area (Å²) in [5, 5.41) is 0. The molecule has 2 aromatic rings. The van der Waals surface area contributed by atoms with E-state index in [2.05, 4.69) is 29.5 Å². The molecule has 0 aliphatic carbocycles. The van der Waals surface area contributed by atoms with E-state index in [0.717, 1.165) is 29.8 Å². The molecule has 4 nitrogen and oxygen atoms in total. The number of hydrogen-bond acceptors (Lipinski definition) is 4. The summed E-state index contributed by atoms with van der Waals surface area (Å²) in [6.45, 7) is 2.12. The summed E-state index contributed by atoms with van der Waals surface area (Å²) in [6.07, 6.45) is 3.69. The Labute approximate surface area is 120 Å². The molecule has 2 rings (SSSR count). The van der Waals surface area contributed by atoms with Gasteiger partial charge in [-0.05, 0) is 35.7 Å². The topological polar surface area (TPSA) is 60.2 Å². The zero-order chi connectivity index (χ0) is 14.4. The zero-order valence-electron chi connectivity index (χ0n) is 12.0. The van der Waals surface area contributed by atoms with Crippen molar-refractivity contribution in [2.45, 2.75) is 25.8 Å². The van der Waals surface area contributed by atoms with E-state index in [1.54, 1.807) is 7.11 Å². The maximum Gasteiger partial charge on any atom is 0.118 e. The Kier molecular flexibility index (Phi) is 5.09. The highest BCUT2D eigenvalue weighted by atomic mass is 16.5. The van der Waals surface area contributed by atoms with Crippen LogP contribution in [0.4, 0.5) is 0 Å². The SMILES string of the molecule is CCc1ccc(CC(NN)c2ccc(OC)cc2)nc1. The molecule has 20 heavy (non-hydrogen) atoms. The minimum atomic E-state index is 0.0425. The average molecular weight is 271 g/mol. The molecule has 0 amide bonds. The second-order valence-corrected chi connectivity index (χ2v) is 4.71. The number of ether oxygens (including phenoxy) is 1. The van der Waals surface area contributed by atoms with Crippen molar-refractivity contribution in [3.8, 4) is 5.75 Å². The predicted octanol–water partition coefficient (Wildman–Crippen LogP) is 2.40. The molecule has 1 aromatic carbocycles. The Bertz CT molecular complexity index is 522. The summed E-state index contributed by atoms with van der Waals surface area (Å²) in [5.74, 6) is 6.51. The van der Waals surface area contributed by atoms with Crippen molar-refractivity contribution in [1.82, 2.24) is 10.4 Å². The normalized spacial score (nSPS) is 12.2. The van der Waals surface area contributed by atoms with Crippen LogP contribution >= 0.6 is 0 Å². The van der Waals surface area contributed by atoms with Crippen LogP contribution < -0.4 is 16.0 Å². The number of nitrogens with zero attached hydrogens (tertiary/aromatic N) is 1. The minimum absolute atomic E-state index is 0.0425. The molecule has 0 saturated heterocycles. The van der Waals surface area contributed by atoms with Gasteiger partial charge in [0.15, 0.2) is 0 Å². The lowest BCUT2D eigenvalue weighted by Gasteiger charge is -2.16. The van der Waals surface area contributed by atoms with Crippen LogP contribution in [-0.2, 0) is 12.8 Å². The van der Waals surface area contributed by atoms with Gasteiger partial charge in [-0.2, -0.15) is 0 Å². The predicted molar refractivity (Wildman–Crippen MR) is 80.4 cm³/mol. The number of aryl methyl sites for hydroxylation is 1. The van der Waals surface area contributed by atoms with Crippen LogP contribution in [-0.4, -0.2) is 12.1 Å². The molecule has 4 heteroatoms. The molecule has 1 atom stereocenters. The highest BCUT2D eigenvalue weighted by Crippen LogP contribution is 2.20. The zero-order valence-corrected chi connectivity index (χ0v) is 12.0. The number of hydrogen-bond donors (Lipinski definition) is 2. The number of benzene rings is 1. The standard InChI is InChI=1S/C16H21N3O/c1-3-12-4-7-14(18-11-12)10-16(19-17)13-5-8-15(20-2)9-6-13/h4-9,11,16,19H,3,10,17H2,1-2H3. The molecule has 106 valence electrons. The van der Waals surface area contributed by atoms with Crippen molar-refractivity contribution in [3.05, 3.63) is 59.4 Å². The first-order valence-electron chi connectivity index (χ1n) is 6.80. The highest BCUT2D eigenvalue weighted by Gasteiger charge is 2.11. The molecule has 0 radical (unpaired) electrons. The van der Waals surface area contributed by atoms with Gasteiger partial charge in [-0.25, -0.2) is 0 Å². The maximum atomic E-state index is 5.67. The summed E-state index contributed by atoms with van der Waals surface area (Å²) in [5.41, 5.74) is 6.25. The van der Waals surface area contributed by atoms with Crippen LogP contribution in [0.15, 0.2) is 42.6 Å². The lowest BCUT2D eigenvalue weighted by molar-refractivity contribution is 0.414. The first kappa shape index (κ1) is 14.5. The molecule has 1 aromatic heterocycles. The van der Waals surface area contributed by atoms with E-state index >= 15 is 0 Å². The van der Waals surface area contributed by atoms with Crippen molar-refractivity contribution in [2.75, 3.05) is 7.11 Å². The van der Waals surface area contributed by atoms with Gasteiger partial charge < -0.3 is 4.74 Å². The van der Waals surface area contributed by atoms with Gasteiger partial charge >= 0.3 is 0 Å². The third-order valence-corrected chi connectivity index (χ3v) is 3.43.